The van der Waals surface area contributed by atoms with E-state index < -0.39 is 0 Å². The van der Waals surface area contributed by atoms with Gasteiger partial charge in [0.2, 0.25) is 0 Å². The van der Waals surface area contributed by atoms with E-state index in [4.69, 9.17) is 9.47 Å². The molecule has 0 amide bonds. The SMILES string of the molecule is CCNC(COc1ccc(OCC)cc1)C1CCCCC1. The van der Waals surface area contributed by atoms with Crippen LogP contribution >= 0.6 is 0 Å². The summed E-state index contributed by atoms with van der Waals surface area (Å²) in [6.07, 6.45) is 6.81. The quantitative estimate of drug-likeness (QED) is 0.784. The normalized spacial score (nSPS) is 17.4. The summed E-state index contributed by atoms with van der Waals surface area (Å²) in [6.45, 7) is 6.63. The lowest BCUT2D eigenvalue weighted by Gasteiger charge is -2.30. The Labute approximate surface area is 129 Å². The van der Waals surface area contributed by atoms with E-state index in [2.05, 4.69) is 12.2 Å². The zero-order valence-electron chi connectivity index (χ0n) is 13.4. The van der Waals surface area contributed by atoms with Crippen LogP contribution in [0.15, 0.2) is 24.3 Å². The third kappa shape index (κ3) is 5.24. The summed E-state index contributed by atoms with van der Waals surface area (Å²) in [7, 11) is 0. The molecule has 0 aliphatic heterocycles. The predicted octanol–water partition coefficient (Wildman–Crippen LogP) is 4.02. The zero-order chi connectivity index (χ0) is 14.9. The van der Waals surface area contributed by atoms with E-state index in [-0.39, 0.29) is 0 Å². The van der Waals surface area contributed by atoms with Crippen molar-refractivity contribution in [3.8, 4) is 11.5 Å². The van der Waals surface area contributed by atoms with Crippen LogP contribution in [0, 0.1) is 5.92 Å². The summed E-state index contributed by atoms with van der Waals surface area (Å²) in [5.74, 6) is 2.60. The highest BCUT2D eigenvalue weighted by molar-refractivity contribution is 5.31. The molecule has 0 bridgehead atoms. The molecule has 3 nitrogen and oxygen atoms in total. The van der Waals surface area contributed by atoms with Gasteiger partial charge in [-0.1, -0.05) is 26.2 Å². The Morgan fingerprint density at radius 1 is 1.00 bits per heavy atom. The minimum atomic E-state index is 0.474. The van der Waals surface area contributed by atoms with Crippen molar-refractivity contribution in [2.24, 2.45) is 5.92 Å². The van der Waals surface area contributed by atoms with Crippen molar-refractivity contribution in [3.63, 3.8) is 0 Å². The highest BCUT2D eigenvalue weighted by Gasteiger charge is 2.23. The molecule has 0 heterocycles. The van der Waals surface area contributed by atoms with Crippen LogP contribution in [-0.2, 0) is 0 Å². The monoisotopic (exact) mass is 291 g/mol. The first-order valence-corrected chi connectivity index (χ1v) is 8.42. The molecule has 1 aromatic rings. The summed E-state index contributed by atoms with van der Waals surface area (Å²) in [4.78, 5) is 0. The molecule has 1 fully saturated rings. The van der Waals surface area contributed by atoms with Gasteiger partial charge >= 0.3 is 0 Å². The number of nitrogens with one attached hydrogen (secondary N) is 1. The summed E-state index contributed by atoms with van der Waals surface area (Å²) < 4.78 is 11.4. The Morgan fingerprint density at radius 3 is 2.19 bits per heavy atom. The van der Waals surface area contributed by atoms with E-state index in [9.17, 15) is 0 Å². The molecule has 21 heavy (non-hydrogen) atoms. The summed E-state index contributed by atoms with van der Waals surface area (Å²) >= 11 is 0. The summed E-state index contributed by atoms with van der Waals surface area (Å²) in [5, 5.41) is 3.60. The smallest absolute Gasteiger partial charge is 0.119 e. The number of hydrogen-bond acceptors (Lipinski definition) is 3. The lowest BCUT2D eigenvalue weighted by Crippen LogP contribution is -2.41. The number of benzene rings is 1. The second-order valence-corrected chi connectivity index (χ2v) is 5.78. The Morgan fingerprint density at radius 2 is 1.62 bits per heavy atom. The standard InChI is InChI=1S/C18H29NO2/c1-3-19-18(15-8-6-5-7-9-15)14-21-17-12-10-16(11-13-17)20-4-2/h10-13,15,18-19H,3-9,14H2,1-2H3. The molecule has 3 heteroatoms. The molecule has 1 aliphatic carbocycles. The van der Waals surface area contributed by atoms with Crippen molar-refractivity contribution in [1.29, 1.82) is 0 Å². The fraction of sp³-hybridized carbons (Fsp3) is 0.667. The molecule has 118 valence electrons. The summed E-state index contributed by atoms with van der Waals surface area (Å²) in [6, 6.07) is 8.41. The first-order chi connectivity index (χ1) is 10.3. The molecular formula is C18H29NO2. The number of hydrogen-bond donors (Lipinski definition) is 1. The third-order valence-corrected chi connectivity index (χ3v) is 4.25. The van der Waals surface area contributed by atoms with Crippen molar-refractivity contribution >= 4 is 0 Å². The molecular weight excluding hydrogens is 262 g/mol. The van der Waals surface area contributed by atoms with Crippen molar-refractivity contribution in [3.05, 3.63) is 24.3 Å². The lowest BCUT2D eigenvalue weighted by atomic mass is 9.84. The first-order valence-electron chi connectivity index (χ1n) is 8.42. The van der Waals surface area contributed by atoms with E-state index in [1.807, 2.05) is 31.2 Å². The first kappa shape index (κ1) is 16.2. The van der Waals surface area contributed by atoms with Gasteiger partial charge in [0.15, 0.2) is 0 Å². The van der Waals surface area contributed by atoms with E-state index in [0.29, 0.717) is 12.6 Å². The van der Waals surface area contributed by atoms with Gasteiger partial charge in [-0.2, -0.15) is 0 Å². The fourth-order valence-corrected chi connectivity index (χ4v) is 3.15. The van der Waals surface area contributed by atoms with Gasteiger partial charge < -0.3 is 14.8 Å². The zero-order valence-corrected chi connectivity index (χ0v) is 13.4. The highest BCUT2D eigenvalue weighted by Crippen LogP contribution is 2.27. The van der Waals surface area contributed by atoms with E-state index in [0.717, 1.165) is 30.6 Å². The van der Waals surface area contributed by atoms with Crippen LogP contribution in [-0.4, -0.2) is 25.8 Å². The molecule has 0 saturated heterocycles. The number of likely N-dealkylation sites (N-methyl/N-ethyl adjacent to an activating group) is 1. The average molecular weight is 291 g/mol. The van der Waals surface area contributed by atoms with Gasteiger partial charge in [0.05, 0.1) is 6.61 Å². The van der Waals surface area contributed by atoms with Gasteiger partial charge in [0.1, 0.15) is 18.1 Å². The van der Waals surface area contributed by atoms with Crippen LogP contribution in [0.2, 0.25) is 0 Å². The molecule has 1 unspecified atom stereocenters. The van der Waals surface area contributed by atoms with Gasteiger partial charge in [-0.25, -0.2) is 0 Å². The molecule has 0 spiro atoms. The van der Waals surface area contributed by atoms with Crippen molar-refractivity contribution in [1.82, 2.24) is 5.32 Å². The van der Waals surface area contributed by atoms with Gasteiger partial charge in [-0.05, 0) is 56.5 Å². The second kappa shape index (κ2) is 8.93. The molecule has 0 aromatic heterocycles. The topological polar surface area (TPSA) is 30.5 Å². The van der Waals surface area contributed by atoms with E-state index in [1.54, 1.807) is 0 Å². The number of rotatable bonds is 8. The van der Waals surface area contributed by atoms with E-state index >= 15 is 0 Å². The average Bonchev–Trinajstić information content (AvgIpc) is 2.54. The Balaban J connectivity index is 1.85. The molecule has 1 aliphatic rings. The van der Waals surface area contributed by atoms with Gasteiger partial charge in [0.25, 0.3) is 0 Å². The third-order valence-electron chi connectivity index (χ3n) is 4.25. The van der Waals surface area contributed by atoms with Crippen LogP contribution in [0.1, 0.15) is 46.0 Å². The van der Waals surface area contributed by atoms with Gasteiger partial charge in [0, 0.05) is 6.04 Å². The molecule has 1 aromatic carbocycles. The Bertz CT molecular complexity index is 385. The molecule has 1 atom stereocenters. The molecule has 2 rings (SSSR count). The van der Waals surface area contributed by atoms with Gasteiger partial charge in [-0.15, -0.1) is 0 Å². The minimum absolute atomic E-state index is 0.474. The summed E-state index contributed by atoms with van der Waals surface area (Å²) in [5.41, 5.74) is 0. The Hall–Kier alpha value is -1.22. The van der Waals surface area contributed by atoms with Crippen molar-refractivity contribution < 1.29 is 9.47 Å². The van der Waals surface area contributed by atoms with Crippen LogP contribution in [0.25, 0.3) is 0 Å². The number of ether oxygens (including phenoxy) is 2. The Kier molecular flexibility index (Phi) is 6.87. The largest absolute Gasteiger partial charge is 0.494 e. The van der Waals surface area contributed by atoms with Gasteiger partial charge in [-0.3, -0.25) is 0 Å². The fourth-order valence-electron chi connectivity index (χ4n) is 3.15. The maximum atomic E-state index is 5.99. The second-order valence-electron chi connectivity index (χ2n) is 5.78. The molecule has 0 radical (unpaired) electrons. The van der Waals surface area contributed by atoms with Crippen LogP contribution < -0.4 is 14.8 Å². The lowest BCUT2D eigenvalue weighted by molar-refractivity contribution is 0.187. The van der Waals surface area contributed by atoms with Crippen molar-refractivity contribution in [2.75, 3.05) is 19.8 Å². The maximum absolute atomic E-state index is 5.99. The highest BCUT2D eigenvalue weighted by atomic mass is 16.5. The molecule has 1 N–H and O–H groups in total. The minimum Gasteiger partial charge on any atom is -0.494 e. The van der Waals surface area contributed by atoms with Crippen LogP contribution in [0.3, 0.4) is 0 Å². The maximum Gasteiger partial charge on any atom is 0.119 e. The van der Waals surface area contributed by atoms with Crippen LogP contribution in [0.4, 0.5) is 0 Å². The predicted molar refractivity (Wildman–Crippen MR) is 87.1 cm³/mol. The van der Waals surface area contributed by atoms with E-state index in [1.165, 1.54) is 32.1 Å². The molecule has 1 saturated carbocycles. The van der Waals surface area contributed by atoms with Crippen LogP contribution in [0.5, 0.6) is 11.5 Å². The van der Waals surface area contributed by atoms with Crippen molar-refractivity contribution in [2.45, 2.75) is 52.0 Å².